The summed E-state index contributed by atoms with van der Waals surface area (Å²) < 4.78 is 1.91. The fraction of sp³-hybridized carbons (Fsp3) is 0.550. The SMILES string of the molecule is O=C(C1CCc2ncnn2C1)N1CCC2(CCc3ccccc32)CC1. The summed E-state index contributed by atoms with van der Waals surface area (Å²) in [5.74, 6) is 1.41. The first kappa shape index (κ1) is 15.1. The number of benzene rings is 1. The van der Waals surface area contributed by atoms with Gasteiger partial charge in [0.05, 0.1) is 12.5 Å². The lowest BCUT2D eigenvalue weighted by Gasteiger charge is -2.41. The molecule has 1 aliphatic carbocycles. The Kier molecular flexibility index (Phi) is 3.43. The highest BCUT2D eigenvalue weighted by atomic mass is 16.2. The second kappa shape index (κ2) is 5.68. The van der Waals surface area contributed by atoms with E-state index < -0.39 is 0 Å². The highest BCUT2D eigenvalue weighted by molar-refractivity contribution is 5.79. The van der Waals surface area contributed by atoms with E-state index in [4.69, 9.17) is 0 Å². The van der Waals surface area contributed by atoms with Gasteiger partial charge in [-0.05, 0) is 48.6 Å². The number of carbonyl (C=O) groups excluding carboxylic acids is 1. The predicted molar refractivity (Wildman–Crippen MR) is 94.1 cm³/mol. The van der Waals surface area contributed by atoms with Crippen LogP contribution in [0.5, 0.6) is 0 Å². The maximum atomic E-state index is 13.0. The smallest absolute Gasteiger partial charge is 0.227 e. The summed E-state index contributed by atoms with van der Waals surface area (Å²) in [6.07, 6.45) is 8.03. The van der Waals surface area contributed by atoms with Crippen molar-refractivity contribution in [1.29, 1.82) is 0 Å². The number of hydrogen-bond donors (Lipinski definition) is 0. The van der Waals surface area contributed by atoms with Crippen molar-refractivity contribution in [2.24, 2.45) is 5.92 Å². The Morgan fingerprint density at radius 2 is 1.96 bits per heavy atom. The molecule has 130 valence electrons. The summed E-state index contributed by atoms with van der Waals surface area (Å²) in [5, 5.41) is 4.25. The zero-order chi connectivity index (χ0) is 16.9. The number of amides is 1. The summed E-state index contributed by atoms with van der Waals surface area (Å²) in [6.45, 7) is 2.49. The lowest BCUT2D eigenvalue weighted by Crippen LogP contribution is -2.47. The molecule has 5 nitrogen and oxygen atoms in total. The summed E-state index contributed by atoms with van der Waals surface area (Å²) >= 11 is 0. The van der Waals surface area contributed by atoms with Gasteiger partial charge < -0.3 is 4.90 Å². The highest BCUT2D eigenvalue weighted by Gasteiger charge is 2.42. The fourth-order valence-corrected chi connectivity index (χ4v) is 5.14. The number of fused-ring (bicyclic) bond motifs is 3. The Bertz CT molecular complexity index is 804. The number of hydrogen-bond acceptors (Lipinski definition) is 3. The molecule has 25 heavy (non-hydrogen) atoms. The molecule has 0 saturated carbocycles. The molecule has 1 atom stereocenters. The summed E-state index contributed by atoms with van der Waals surface area (Å²) in [5.41, 5.74) is 3.39. The van der Waals surface area contributed by atoms with Crippen molar-refractivity contribution in [3.63, 3.8) is 0 Å². The molecule has 3 aliphatic rings. The Hall–Kier alpha value is -2.17. The van der Waals surface area contributed by atoms with Gasteiger partial charge in [-0.1, -0.05) is 24.3 Å². The number of aromatic nitrogens is 3. The van der Waals surface area contributed by atoms with Gasteiger partial charge >= 0.3 is 0 Å². The van der Waals surface area contributed by atoms with Crippen LogP contribution < -0.4 is 0 Å². The molecule has 1 amide bonds. The number of nitrogens with zero attached hydrogens (tertiary/aromatic N) is 4. The standard InChI is InChI=1S/C20H24N4O/c25-19(16-5-6-18-21-14-22-24(18)13-16)23-11-9-20(10-12-23)8-7-15-3-1-2-4-17(15)20/h1-4,14,16H,5-13H2. The molecule has 3 heterocycles. The first-order chi connectivity index (χ1) is 12.3. The first-order valence-electron chi connectivity index (χ1n) is 9.49. The van der Waals surface area contributed by atoms with Crippen LogP contribution in [-0.2, 0) is 29.6 Å². The third kappa shape index (κ3) is 2.40. The van der Waals surface area contributed by atoms with E-state index in [0.29, 0.717) is 17.9 Å². The maximum Gasteiger partial charge on any atom is 0.227 e. The van der Waals surface area contributed by atoms with Crippen LogP contribution in [0.25, 0.3) is 0 Å². The van der Waals surface area contributed by atoms with Crippen molar-refractivity contribution in [2.45, 2.75) is 50.5 Å². The van der Waals surface area contributed by atoms with E-state index in [9.17, 15) is 4.79 Å². The molecule has 1 aromatic carbocycles. The number of rotatable bonds is 1. The van der Waals surface area contributed by atoms with Crippen LogP contribution in [-0.4, -0.2) is 38.7 Å². The van der Waals surface area contributed by atoms with Crippen LogP contribution in [0.1, 0.15) is 42.6 Å². The molecular formula is C20H24N4O. The summed E-state index contributed by atoms with van der Waals surface area (Å²) in [6, 6.07) is 8.91. The maximum absolute atomic E-state index is 13.0. The number of likely N-dealkylation sites (tertiary alicyclic amines) is 1. The first-order valence-corrected chi connectivity index (χ1v) is 9.49. The van der Waals surface area contributed by atoms with Gasteiger partial charge in [-0.15, -0.1) is 0 Å². The molecular weight excluding hydrogens is 312 g/mol. The average Bonchev–Trinajstić information content (AvgIpc) is 3.27. The molecule has 1 aromatic heterocycles. The molecule has 5 heteroatoms. The average molecular weight is 336 g/mol. The van der Waals surface area contributed by atoms with E-state index >= 15 is 0 Å². The van der Waals surface area contributed by atoms with E-state index in [2.05, 4.69) is 39.2 Å². The van der Waals surface area contributed by atoms with Crippen LogP contribution in [0.2, 0.25) is 0 Å². The molecule has 1 unspecified atom stereocenters. The van der Waals surface area contributed by atoms with Crippen molar-refractivity contribution in [3.8, 4) is 0 Å². The quantitative estimate of drug-likeness (QED) is 0.803. The van der Waals surface area contributed by atoms with Crippen LogP contribution in [0.15, 0.2) is 30.6 Å². The largest absolute Gasteiger partial charge is 0.342 e. The molecule has 1 spiro atoms. The summed E-state index contributed by atoms with van der Waals surface area (Å²) in [4.78, 5) is 19.4. The highest BCUT2D eigenvalue weighted by Crippen LogP contribution is 2.46. The predicted octanol–water partition coefficient (Wildman–Crippen LogP) is 2.35. The van der Waals surface area contributed by atoms with E-state index in [1.165, 1.54) is 18.4 Å². The zero-order valence-electron chi connectivity index (χ0n) is 14.5. The molecule has 1 saturated heterocycles. The van der Waals surface area contributed by atoms with Gasteiger partial charge in [0.25, 0.3) is 0 Å². The second-order valence-corrected chi connectivity index (χ2v) is 7.86. The number of aryl methyl sites for hydroxylation is 2. The fourth-order valence-electron chi connectivity index (χ4n) is 5.14. The topological polar surface area (TPSA) is 51.0 Å². The Labute approximate surface area is 148 Å². The minimum Gasteiger partial charge on any atom is -0.342 e. The molecule has 0 bridgehead atoms. The molecule has 0 radical (unpaired) electrons. The second-order valence-electron chi connectivity index (χ2n) is 7.86. The van der Waals surface area contributed by atoms with Gasteiger partial charge in [-0.3, -0.25) is 4.79 Å². The van der Waals surface area contributed by atoms with Crippen LogP contribution in [0.3, 0.4) is 0 Å². The number of piperidine rings is 1. The monoisotopic (exact) mass is 336 g/mol. The molecule has 5 rings (SSSR count). The third-order valence-electron chi connectivity index (χ3n) is 6.65. The summed E-state index contributed by atoms with van der Waals surface area (Å²) in [7, 11) is 0. The number of carbonyl (C=O) groups is 1. The van der Waals surface area contributed by atoms with Crippen molar-refractivity contribution in [3.05, 3.63) is 47.5 Å². The van der Waals surface area contributed by atoms with Crippen molar-refractivity contribution in [2.75, 3.05) is 13.1 Å². The van der Waals surface area contributed by atoms with Gasteiger partial charge in [0.2, 0.25) is 5.91 Å². The lowest BCUT2D eigenvalue weighted by atomic mass is 9.73. The van der Waals surface area contributed by atoms with Crippen LogP contribution in [0, 0.1) is 5.92 Å². The third-order valence-corrected chi connectivity index (χ3v) is 6.65. The van der Waals surface area contributed by atoms with E-state index in [0.717, 1.165) is 44.6 Å². The minimum atomic E-state index is 0.0686. The molecule has 0 N–H and O–H groups in total. The van der Waals surface area contributed by atoms with Crippen molar-refractivity contribution in [1.82, 2.24) is 19.7 Å². The van der Waals surface area contributed by atoms with Crippen molar-refractivity contribution < 1.29 is 4.79 Å². The van der Waals surface area contributed by atoms with Gasteiger partial charge in [0.1, 0.15) is 12.2 Å². The van der Waals surface area contributed by atoms with Gasteiger partial charge in [-0.2, -0.15) is 5.10 Å². The van der Waals surface area contributed by atoms with Gasteiger partial charge in [0.15, 0.2) is 0 Å². The molecule has 1 fully saturated rings. The lowest BCUT2D eigenvalue weighted by molar-refractivity contribution is -0.138. The van der Waals surface area contributed by atoms with E-state index in [1.54, 1.807) is 11.9 Å². The van der Waals surface area contributed by atoms with Gasteiger partial charge in [0, 0.05) is 19.5 Å². The normalized spacial score (nSPS) is 24.2. The minimum absolute atomic E-state index is 0.0686. The Morgan fingerprint density at radius 3 is 2.84 bits per heavy atom. The zero-order valence-corrected chi connectivity index (χ0v) is 14.5. The van der Waals surface area contributed by atoms with Crippen LogP contribution in [0.4, 0.5) is 0 Å². The molecule has 2 aliphatic heterocycles. The van der Waals surface area contributed by atoms with Crippen molar-refractivity contribution >= 4 is 5.91 Å². The van der Waals surface area contributed by atoms with Crippen LogP contribution >= 0.6 is 0 Å². The van der Waals surface area contributed by atoms with Gasteiger partial charge in [-0.25, -0.2) is 9.67 Å². The van der Waals surface area contributed by atoms with E-state index in [1.807, 2.05) is 4.68 Å². The Balaban J connectivity index is 1.28. The van der Waals surface area contributed by atoms with E-state index in [-0.39, 0.29) is 5.92 Å². The molecule has 2 aromatic rings. The Morgan fingerprint density at radius 1 is 1.12 bits per heavy atom.